The van der Waals surface area contributed by atoms with Crippen LogP contribution in [0.15, 0.2) is 0 Å². The Labute approximate surface area is 111 Å². The van der Waals surface area contributed by atoms with Crippen molar-refractivity contribution in [3.05, 3.63) is 0 Å². The molecule has 2 heteroatoms. The largest absolute Gasteiger partial charge is 0.312 e. The SMILES string of the molecule is CC1(C)CCCNC1CNC1C2C3CCC(C3)C12. The predicted molar refractivity (Wildman–Crippen MR) is 74.4 cm³/mol. The fourth-order valence-electron chi connectivity index (χ4n) is 5.47. The molecule has 4 fully saturated rings. The average molecular weight is 248 g/mol. The number of hydrogen-bond acceptors (Lipinski definition) is 2. The molecule has 0 spiro atoms. The highest BCUT2D eigenvalue weighted by molar-refractivity contribution is 5.17. The summed E-state index contributed by atoms with van der Waals surface area (Å²) < 4.78 is 0. The lowest BCUT2D eigenvalue weighted by molar-refractivity contribution is 0.174. The van der Waals surface area contributed by atoms with Crippen molar-refractivity contribution in [3.63, 3.8) is 0 Å². The predicted octanol–water partition coefficient (Wildman–Crippen LogP) is 2.40. The molecule has 1 heterocycles. The molecular weight excluding hydrogens is 220 g/mol. The molecule has 2 N–H and O–H groups in total. The van der Waals surface area contributed by atoms with Gasteiger partial charge in [0.15, 0.2) is 0 Å². The molecule has 3 aliphatic carbocycles. The normalized spacial score (nSPS) is 52.3. The highest BCUT2D eigenvalue weighted by atomic mass is 15.1. The first kappa shape index (κ1) is 11.7. The van der Waals surface area contributed by atoms with Crippen LogP contribution in [0.25, 0.3) is 0 Å². The minimum Gasteiger partial charge on any atom is -0.312 e. The van der Waals surface area contributed by atoms with E-state index in [1.807, 2.05) is 0 Å². The van der Waals surface area contributed by atoms with Crippen LogP contribution < -0.4 is 10.6 Å². The van der Waals surface area contributed by atoms with E-state index < -0.39 is 0 Å². The van der Waals surface area contributed by atoms with Gasteiger partial charge in [0, 0.05) is 18.6 Å². The molecule has 0 aromatic rings. The smallest absolute Gasteiger partial charge is 0.0243 e. The summed E-state index contributed by atoms with van der Waals surface area (Å²) in [5.74, 6) is 4.36. The molecule has 0 amide bonds. The summed E-state index contributed by atoms with van der Waals surface area (Å²) in [6, 6.07) is 1.58. The molecule has 4 rings (SSSR count). The first-order valence-corrected chi connectivity index (χ1v) is 8.13. The van der Waals surface area contributed by atoms with Crippen LogP contribution in [0.3, 0.4) is 0 Å². The van der Waals surface area contributed by atoms with Crippen molar-refractivity contribution in [1.82, 2.24) is 10.6 Å². The molecule has 0 aromatic carbocycles. The van der Waals surface area contributed by atoms with Crippen molar-refractivity contribution in [1.29, 1.82) is 0 Å². The number of hydrogen-bond donors (Lipinski definition) is 2. The summed E-state index contributed by atoms with van der Waals surface area (Å²) in [6.07, 6.45) is 7.38. The van der Waals surface area contributed by atoms with Crippen molar-refractivity contribution >= 4 is 0 Å². The lowest BCUT2D eigenvalue weighted by atomic mass is 9.77. The van der Waals surface area contributed by atoms with E-state index in [0.29, 0.717) is 11.5 Å². The molecule has 3 saturated carbocycles. The fraction of sp³-hybridized carbons (Fsp3) is 1.00. The number of fused-ring (bicyclic) bond motifs is 5. The Kier molecular flexibility index (Phi) is 2.58. The van der Waals surface area contributed by atoms with E-state index >= 15 is 0 Å². The van der Waals surface area contributed by atoms with Gasteiger partial charge in [-0.15, -0.1) is 0 Å². The zero-order chi connectivity index (χ0) is 12.3. The monoisotopic (exact) mass is 248 g/mol. The summed E-state index contributed by atoms with van der Waals surface area (Å²) in [4.78, 5) is 0. The second-order valence-corrected chi connectivity index (χ2v) is 8.02. The van der Waals surface area contributed by atoms with Crippen molar-refractivity contribution in [2.24, 2.45) is 29.1 Å². The molecule has 102 valence electrons. The van der Waals surface area contributed by atoms with E-state index in [2.05, 4.69) is 24.5 Å². The maximum absolute atomic E-state index is 3.92. The van der Waals surface area contributed by atoms with Crippen LogP contribution in [0.1, 0.15) is 46.0 Å². The van der Waals surface area contributed by atoms with Gasteiger partial charge in [-0.1, -0.05) is 13.8 Å². The molecule has 0 aromatic heterocycles. The van der Waals surface area contributed by atoms with E-state index in [1.54, 1.807) is 6.42 Å². The van der Waals surface area contributed by atoms with Gasteiger partial charge in [-0.05, 0) is 67.7 Å². The molecule has 1 aliphatic heterocycles. The summed E-state index contributed by atoms with van der Waals surface area (Å²) >= 11 is 0. The third-order valence-electron chi connectivity index (χ3n) is 6.62. The third-order valence-corrected chi connectivity index (χ3v) is 6.62. The molecule has 4 aliphatic rings. The number of piperidine rings is 1. The molecule has 5 unspecified atom stereocenters. The van der Waals surface area contributed by atoms with Gasteiger partial charge in [0.05, 0.1) is 0 Å². The summed E-state index contributed by atoms with van der Waals surface area (Å²) in [7, 11) is 0. The summed E-state index contributed by atoms with van der Waals surface area (Å²) in [5.41, 5.74) is 0.480. The topological polar surface area (TPSA) is 24.1 Å². The molecule has 1 saturated heterocycles. The quantitative estimate of drug-likeness (QED) is 0.801. The molecule has 2 nitrogen and oxygen atoms in total. The fourth-order valence-corrected chi connectivity index (χ4v) is 5.47. The van der Waals surface area contributed by atoms with Gasteiger partial charge >= 0.3 is 0 Å². The molecule has 18 heavy (non-hydrogen) atoms. The molecular formula is C16H28N2. The van der Waals surface area contributed by atoms with Gasteiger partial charge in [-0.3, -0.25) is 0 Å². The van der Waals surface area contributed by atoms with Gasteiger partial charge in [-0.2, -0.15) is 0 Å². The van der Waals surface area contributed by atoms with E-state index in [1.165, 1.54) is 38.8 Å². The van der Waals surface area contributed by atoms with Gasteiger partial charge in [-0.25, -0.2) is 0 Å². The maximum atomic E-state index is 3.92. The minimum absolute atomic E-state index is 0.480. The Balaban J connectivity index is 1.32. The van der Waals surface area contributed by atoms with Crippen LogP contribution in [0.4, 0.5) is 0 Å². The average Bonchev–Trinajstić information content (AvgIpc) is 2.74. The summed E-state index contributed by atoms with van der Waals surface area (Å²) in [6.45, 7) is 7.29. The van der Waals surface area contributed by atoms with Crippen molar-refractivity contribution in [2.75, 3.05) is 13.1 Å². The summed E-state index contributed by atoms with van der Waals surface area (Å²) in [5, 5.41) is 7.66. The highest BCUT2D eigenvalue weighted by Crippen LogP contribution is 2.65. The Morgan fingerprint density at radius 2 is 1.89 bits per heavy atom. The zero-order valence-corrected chi connectivity index (χ0v) is 11.9. The van der Waals surface area contributed by atoms with Gasteiger partial charge in [0.25, 0.3) is 0 Å². The minimum atomic E-state index is 0.480. The van der Waals surface area contributed by atoms with Crippen molar-refractivity contribution in [3.8, 4) is 0 Å². The van der Waals surface area contributed by atoms with Gasteiger partial charge in [0.1, 0.15) is 0 Å². The highest BCUT2D eigenvalue weighted by Gasteiger charge is 2.64. The Bertz CT molecular complexity index is 322. The Morgan fingerprint density at radius 3 is 2.56 bits per heavy atom. The van der Waals surface area contributed by atoms with E-state index in [0.717, 1.165) is 29.7 Å². The van der Waals surface area contributed by atoms with Crippen LogP contribution in [-0.2, 0) is 0 Å². The van der Waals surface area contributed by atoms with Gasteiger partial charge < -0.3 is 10.6 Å². The van der Waals surface area contributed by atoms with Crippen molar-refractivity contribution < 1.29 is 0 Å². The third kappa shape index (κ3) is 1.68. The van der Waals surface area contributed by atoms with E-state index in [9.17, 15) is 0 Å². The Hall–Kier alpha value is -0.0800. The second kappa shape index (κ2) is 3.96. The molecule has 5 atom stereocenters. The van der Waals surface area contributed by atoms with E-state index in [4.69, 9.17) is 0 Å². The standard InChI is InChI=1S/C16H28N2/c1-16(2)6-3-7-17-12(16)9-18-15-13-10-4-5-11(8-10)14(13)15/h10-15,17-18H,3-9H2,1-2H3. The number of nitrogens with one attached hydrogen (secondary N) is 2. The molecule has 0 radical (unpaired) electrons. The van der Waals surface area contributed by atoms with Crippen molar-refractivity contribution in [2.45, 2.75) is 58.0 Å². The maximum Gasteiger partial charge on any atom is 0.0243 e. The van der Waals surface area contributed by atoms with Crippen LogP contribution >= 0.6 is 0 Å². The van der Waals surface area contributed by atoms with Crippen LogP contribution in [0, 0.1) is 29.1 Å². The lowest BCUT2D eigenvalue weighted by Gasteiger charge is -2.39. The zero-order valence-electron chi connectivity index (χ0n) is 11.9. The first-order valence-electron chi connectivity index (χ1n) is 8.13. The van der Waals surface area contributed by atoms with Crippen LogP contribution in [0.5, 0.6) is 0 Å². The van der Waals surface area contributed by atoms with Crippen LogP contribution in [-0.4, -0.2) is 25.2 Å². The Morgan fingerprint density at radius 1 is 1.17 bits per heavy atom. The van der Waals surface area contributed by atoms with Gasteiger partial charge in [0.2, 0.25) is 0 Å². The molecule has 2 bridgehead atoms. The van der Waals surface area contributed by atoms with E-state index in [-0.39, 0.29) is 0 Å². The number of rotatable bonds is 3. The first-order chi connectivity index (χ1) is 8.67. The lowest BCUT2D eigenvalue weighted by Crippen LogP contribution is -2.52. The second-order valence-electron chi connectivity index (χ2n) is 8.02. The van der Waals surface area contributed by atoms with Crippen LogP contribution in [0.2, 0.25) is 0 Å².